The van der Waals surface area contributed by atoms with E-state index in [9.17, 15) is 21.6 Å². The van der Waals surface area contributed by atoms with Crippen molar-refractivity contribution in [2.45, 2.75) is 28.5 Å². The van der Waals surface area contributed by atoms with Gasteiger partial charge in [-0.15, -0.1) is 0 Å². The number of hydrogen-bond donors (Lipinski definition) is 0. The normalized spacial score (nSPS) is 24.1. The number of alkyl halides is 3. The van der Waals surface area contributed by atoms with Crippen molar-refractivity contribution in [3.05, 3.63) is 60.2 Å². The molecule has 0 spiro atoms. The molecule has 5 nitrogen and oxygen atoms in total. The Morgan fingerprint density at radius 3 is 2.15 bits per heavy atom. The van der Waals surface area contributed by atoms with Gasteiger partial charge in [0.2, 0.25) is 0 Å². The highest BCUT2D eigenvalue weighted by molar-refractivity contribution is 7.92. The lowest BCUT2D eigenvalue weighted by atomic mass is 10.0. The Hall–Kier alpha value is -2.10. The third-order valence-corrected chi connectivity index (χ3v) is 6.64. The molecule has 0 aromatic heterocycles. The van der Waals surface area contributed by atoms with Crippen molar-refractivity contribution >= 4 is 9.84 Å². The molecule has 1 heterocycles. The molecule has 3 rings (SSSR count). The molecule has 3 atom stereocenters. The maximum Gasteiger partial charge on any atom is 0.418 e. The first kappa shape index (κ1) is 19.7. The zero-order chi connectivity index (χ0) is 19.8. The van der Waals surface area contributed by atoms with E-state index in [0.717, 1.165) is 5.06 Å². The van der Waals surface area contributed by atoms with Crippen LogP contribution in [0.25, 0.3) is 0 Å². The van der Waals surface area contributed by atoms with Gasteiger partial charge in [0, 0.05) is 7.05 Å². The second-order valence-corrected chi connectivity index (χ2v) is 8.26. The number of halogens is 3. The Balaban J connectivity index is 2.12. The average molecular weight is 401 g/mol. The van der Waals surface area contributed by atoms with E-state index in [-0.39, 0.29) is 4.90 Å². The Morgan fingerprint density at radius 1 is 1.04 bits per heavy atom. The summed E-state index contributed by atoms with van der Waals surface area (Å²) in [7, 11) is -1.57. The number of nitrogens with zero attached hydrogens (tertiary/aromatic N) is 1. The van der Waals surface area contributed by atoms with E-state index in [4.69, 9.17) is 9.57 Å². The third-order valence-electron chi connectivity index (χ3n) is 4.49. The number of hydrogen-bond acceptors (Lipinski definition) is 5. The van der Waals surface area contributed by atoms with Crippen molar-refractivity contribution in [1.29, 1.82) is 0 Å². The van der Waals surface area contributed by atoms with Crippen molar-refractivity contribution in [1.82, 2.24) is 5.06 Å². The first-order valence-corrected chi connectivity index (χ1v) is 9.60. The molecule has 9 heteroatoms. The maximum atomic E-state index is 13.6. The van der Waals surface area contributed by atoms with Gasteiger partial charge in [-0.25, -0.2) is 8.42 Å². The molecule has 0 amide bonds. The number of rotatable bonds is 4. The van der Waals surface area contributed by atoms with Crippen molar-refractivity contribution in [3.8, 4) is 5.75 Å². The highest BCUT2D eigenvalue weighted by Crippen LogP contribution is 2.45. The average Bonchev–Trinajstić information content (AvgIpc) is 3.01. The second-order valence-electron chi connectivity index (χ2n) is 6.15. The summed E-state index contributed by atoms with van der Waals surface area (Å²) in [4.78, 5) is 4.79. The van der Waals surface area contributed by atoms with Gasteiger partial charge in [-0.05, 0) is 29.8 Å². The summed E-state index contributed by atoms with van der Waals surface area (Å²) in [6, 6.07) is 12.2. The number of methoxy groups -OCH3 is 1. The highest BCUT2D eigenvalue weighted by atomic mass is 32.2. The van der Waals surface area contributed by atoms with Crippen molar-refractivity contribution in [2.75, 3.05) is 14.2 Å². The minimum Gasteiger partial charge on any atom is -0.497 e. The summed E-state index contributed by atoms with van der Waals surface area (Å²) >= 11 is 0. The molecule has 146 valence electrons. The molecule has 0 bridgehead atoms. The Kier molecular flexibility index (Phi) is 5.20. The van der Waals surface area contributed by atoms with E-state index in [1.165, 1.54) is 50.6 Å². The minimum atomic E-state index is -4.85. The maximum absolute atomic E-state index is 13.6. The lowest BCUT2D eigenvalue weighted by molar-refractivity contribution is -0.260. The molecule has 2 aromatic carbocycles. The fourth-order valence-electron chi connectivity index (χ4n) is 3.22. The van der Waals surface area contributed by atoms with Crippen LogP contribution in [0.2, 0.25) is 0 Å². The molecule has 1 fully saturated rings. The smallest absolute Gasteiger partial charge is 0.418 e. The van der Waals surface area contributed by atoms with Crippen molar-refractivity contribution in [3.63, 3.8) is 0 Å². The monoisotopic (exact) mass is 401 g/mol. The molecule has 0 aliphatic carbocycles. The molecule has 1 aliphatic heterocycles. The largest absolute Gasteiger partial charge is 0.497 e. The van der Waals surface area contributed by atoms with Gasteiger partial charge in [-0.2, -0.15) is 18.2 Å². The van der Waals surface area contributed by atoms with Crippen LogP contribution in [0, 0.1) is 0 Å². The van der Waals surface area contributed by atoms with Crippen LogP contribution < -0.4 is 4.74 Å². The molecule has 0 N–H and O–H groups in total. The van der Waals surface area contributed by atoms with Gasteiger partial charge in [-0.3, -0.25) is 4.84 Å². The van der Waals surface area contributed by atoms with Gasteiger partial charge < -0.3 is 4.74 Å². The van der Waals surface area contributed by atoms with Gasteiger partial charge in [-0.1, -0.05) is 30.3 Å². The van der Waals surface area contributed by atoms with Crippen LogP contribution in [0.3, 0.4) is 0 Å². The quantitative estimate of drug-likeness (QED) is 0.786. The lowest BCUT2D eigenvalue weighted by Gasteiger charge is -2.24. The summed E-state index contributed by atoms with van der Waals surface area (Å²) < 4.78 is 72.1. The van der Waals surface area contributed by atoms with E-state index in [1.807, 2.05) is 0 Å². The SMILES string of the molecule is COc1ccc([C@@H]2[C@@H](S(=O)(=O)c3ccccc3)[C@H](C(F)(F)F)ON2C)cc1. The zero-order valence-corrected chi connectivity index (χ0v) is 15.4. The summed E-state index contributed by atoms with van der Waals surface area (Å²) in [6.45, 7) is 0. The predicted octanol–water partition coefficient (Wildman–Crippen LogP) is 3.39. The number of sulfone groups is 1. The molecule has 0 radical (unpaired) electrons. The van der Waals surface area contributed by atoms with Crippen LogP contribution in [-0.4, -0.2) is 45.2 Å². The topological polar surface area (TPSA) is 55.8 Å². The molecule has 0 unspecified atom stereocenters. The molecule has 1 saturated heterocycles. The second kappa shape index (κ2) is 7.14. The Labute approximate surface area is 155 Å². The Bertz CT molecular complexity index is 885. The third kappa shape index (κ3) is 3.67. The molecule has 1 aliphatic rings. The van der Waals surface area contributed by atoms with Crippen molar-refractivity contribution < 1.29 is 31.2 Å². The van der Waals surface area contributed by atoms with E-state index in [2.05, 4.69) is 0 Å². The van der Waals surface area contributed by atoms with Crippen LogP contribution in [0.5, 0.6) is 5.75 Å². The van der Waals surface area contributed by atoms with Gasteiger partial charge >= 0.3 is 6.18 Å². The van der Waals surface area contributed by atoms with Gasteiger partial charge in [0.1, 0.15) is 11.0 Å². The first-order valence-electron chi connectivity index (χ1n) is 8.05. The van der Waals surface area contributed by atoms with E-state index < -0.39 is 33.4 Å². The molecule has 2 aromatic rings. The molecular weight excluding hydrogens is 383 g/mol. The first-order chi connectivity index (χ1) is 12.7. The summed E-state index contributed by atoms with van der Waals surface area (Å²) in [5, 5.41) is -0.885. The summed E-state index contributed by atoms with van der Waals surface area (Å²) in [6.07, 6.45) is -7.32. The lowest BCUT2D eigenvalue weighted by Crippen LogP contribution is -2.43. The molecule has 0 saturated carbocycles. The Morgan fingerprint density at radius 2 is 1.63 bits per heavy atom. The van der Waals surface area contributed by atoms with Crippen LogP contribution in [-0.2, 0) is 14.7 Å². The number of ether oxygens (including phenoxy) is 1. The predicted molar refractivity (Wildman–Crippen MR) is 91.8 cm³/mol. The van der Waals surface area contributed by atoms with E-state index in [0.29, 0.717) is 11.3 Å². The number of benzene rings is 2. The van der Waals surface area contributed by atoms with Gasteiger partial charge in [0.05, 0.1) is 18.0 Å². The van der Waals surface area contributed by atoms with E-state index >= 15 is 0 Å². The van der Waals surface area contributed by atoms with Gasteiger partial charge in [0.15, 0.2) is 15.9 Å². The molecule has 27 heavy (non-hydrogen) atoms. The minimum absolute atomic E-state index is 0.179. The van der Waals surface area contributed by atoms with Crippen LogP contribution in [0.15, 0.2) is 59.5 Å². The standard InChI is InChI=1S/C18H18F3NO4S/c1-22-15(12-8-10-13(25-2)11-9-12)16(17(26-22)18(19,20)21)27(23,24)14-6-4-3-5-7-14/h3-11,15-17H,1-2H3/t15-,16-,17-/m1/s1. The molecular formula is C18H18F3NO4S. The fourth-order valence-corrected chi connectivity index (χ4v) is 5.27. The van der Waals surface area contributed by atoms with Crippen LogP contribution in [0.4, 0.5) is 13.2 Å². The van der Waals surface area contributed by atoms with Gasteiger partial charge in [0.25, 0.3) is 0 Å². The van der Waals surface area contributed by atoms with Crippen LogP contribution >= 0.6 is 0 Å². The summed E-state index contributed by atoms with van der Waals surface area (Å²) in [5.41, 5.74) is 0.384. The summed E-state index contributed by atoms with van der Waals surface area (Å²) in [5.74, 6) is 0.509. The van der Waals surface area contributed by atoms with E-state index in [1.54, 1.807) is 18.2 Å². The highest BCUT2D eigenvalue weighted by Gasteiger charge is 2.60. The zero-order valence-electron chi connectivity index (χ0n) is 14.6. The fraction of sp³-hybridized carbons (Fsp3) is 0.333. The number of hydroxylamine groups is 2. The van der Waals surface area contributed by atoms with Crippen molar-refractivity contribution in [2.24, 2.45) is 0 Å². The van der Waals surface area contributed by atoms with Crippen LogP contribution in [0.1, 0.15) is 11.6 Å².